The third kappa shape index (κ3) is 0.887. The Morgan fingerprint density at radius 3 is 3.25 bits per heavy atom. The summed E-state index contributed by atoms with van der Waals surface area (Å²) in [6, 6.07) is 1.85. The van der Waals surface area contributed by atoms with E-state index in [0.29, 0.717) is 6.73 Å². The van der Waals surface area contributed by atoms with Crippen molar-refractivity contribution in [1.82, 2.24) is 9.55 Å². The Morgan fingerprint density at radius 1 is 1.67 bits per heavy atom. The summed E-state index contributed by atoms with van der Waals surface area (Å²) in [4.78, 5) is 2.95. The topological polar surface area (TPSA) is 50.2 Å². The number of rotatable bonds is 2. The van der Waals surface area contributed by atoms with Crippen LogP contribution in [0.15, 0.2) is 18.5 Å². The van der Waals surface area contributed by atoms with Gasteiger partial charge in [-0.05, 0) is 6.07 Å². The molecule has 0 aliphatic rings. The Kier molecular flexibility index (Phi) is 1.55. The van der Waals surface area contributed by atoms with Gasteiger partial charge in [0.05, 0.1) is 5.39 Å². The van der Waals surface area contributed by atoms with Crippen LogP contribution in [0.25, 0.3) is 11.0 Å². The Bertz CT molecular complexity index is 389. The first-order valence-electron chi connectivity index (χ1n) is 3.67. The SMILES string of the molecule is COCn1ccc2c(O)c[nH]c21. The molecule has 0 radical (unpaired) electrons. The normalized spacial score (nSPS) is 11.1. The molecule has 0 aliphatic heterocycles. The van der Waals surface area contributed by atoms with Crippen molar-refractivity contribution in [3.63, 3.8) is 0 Å². The minimum atomic E-state index is 0.278. The number of nitrogens with zero attached hydrogens (tertiary/aromatic N) is 1. The van der Waals surface area contributed by atoms with Gasteiger partial charge in [-0.15, -0.1) is 0 Å². The zero-order valence-electron chi connectivity index (χ0n) is 6.74. The number of aromatic amines is 1. The molecule has 12 heavy (non-hydrogen) atoms. The Hall–Kier alpha value is -1.42. The molecule has 0 bridgehead atoms. The average molecular weight is 166 g/mol. The molecule has 4 nitrogen and oxygen atoms in total. The number of ether oxygens (including phenoxy) is 1. The van der Waals surface area contributed by atoms with Gasteiger partial charge in [0.25, 0.3) is 0 Å². The number of fused-ring (bicyclic) bond motifs is 1. The Morgan fingerprint density at radius 2 is 2.50 bits per heavy atom. The monoisotopic (exact) mass is 166 g/mol. The summed E-state index contributed by atoms with van der Waals surface area (Å²) in [6.07, 6.45) is 3.43. The van der Waals surface area contributed by atoms with E-state index in [9.17, 15) is 5.11 Å². The summed E-state index contributed by atoms with van der Waals surface area (Å²) in [6.45, 7) is 0.490. The second-order valence-corrected chi connectivity index (χ2v) is 2.64. The minimum Gasteiger partial charge on any atom is -0.506 e. The van der Waals surface area contributed by atoms with Crippen molar-refractivity contribution in [3.05, 3.63) is 18.5 Å². The van der Waals surface area contributed by atoms with Crippen molar-refractivity contribution in [2.75, 3.05) is 7.11 Å². The lowest BCUT2D eigenvalue weighted by molar-refractivity contribution is 0.134. The van der Waals surface area contributed by atoms with Gasteiger partial charge in [-0.3, -0.25) is 0 Å². The van der Waals surface area contributed by atoms with Crippen LogP contribution in [-0.4, -0.2) is 21.8 Å². The van der Waals surface area contributed by atoms with E-state index in [0.717, 1.165) is 11.0 Å². The number of hydrogen-bond acceptors (Lipinski definition) is 2. The third-order valence-corrected chi connectivity index (χ3v) is 1.85. The first-order valence-corrected chi connectivity index (χ1v) is 3.67. The van der Waals surface area contributed by atoms with Crippen molar-refractivity contribution in [2.24, 2.45) is 0 Å². The number of H-pyrrole nitrogens is 1. The number of hydrogen-bond donors (Lipinski definition) is 2. The van der Waals surface area contributed by atoms with Gasteiger partial charge in [0.2, 0.25) is 0 Å². The molecule has 0 saturated carbocycles. The van der Waals surface area contributed by atoms with Gasteiger partial charge in [-0.25, -0.2) is 0 Å². The van der Waals surface area contributed by atoms with Crippen LogP contribution < -0.4 is 0 Å². The van der Waals surface area contributed by atoms with Crippen molar-refractivity contribution in [3.8, 4) is 5.75 Å². The third-order valence-electron chi connectivity index (χ3n) is 1.85. The van der Waals surface area contributed by atoms with Crippen molar-refractivity contribution >= 4 is 11.0 Å². The van der Waals surface area contributed by atoms with E-state index in [-0.39, 0.29) is 5.75 Å². The highest BCUT2D eigenvalue weighted by Crippen LogP contribution is 2.24. The van der Waals surface area contributed by atoms with Crippen LogP contribution >= 0.6 is 0 Å². The predicted molar refractivity (Wildman–Crippen MR) is 45.0 cm³/mol. The molecule has 2 aromatic heterocycles. The van der Waals surface area contributed by atoms with Gasteiger partial charge >= 0.3 is 0 Å². The van der Waals surface area contributed by atoms with Crippen LogP contribution in [0.2, 0.25) is 0 Å². The first kappa shape index (κ1) is 7.24. The van der Waals surface area contributed by atoms with Gasteiger partial charge in [0.1, 0.15) is 18.1 Å². The molecule has 2 aromatic rings. The van der Waals surface area contributed by atoms with Crippen LogP contribution in [0.4, 0.5) is 0 Å². The summed E-state index contributed by atoms with van der Waals surface area (Å²) < 4.78 is 6.85. The standard InChI is InChI=1S/C8H10N2O2/c1-12-5-10-3-2-6-7(11)4-9-8(6)10/h2-4,9,11H,5H2,1H3. The minimum absolute atomic E-state index is 0.278. The maximum Gasteiger partial charge on any atom is 0.142 e. The fourth-order valence-electron chi connectivity index (χ4n) is 1.30. The van der Waals surface area contributed by atoms with E-state index in [1.807, 2.05) is 16.8 Å². The number of aromatic hydroxyl groups is 1. The molecule has 64 valence electrons. The van der Waals surface area contributed by atoms with Gasteiger partial charge < -0.3 is 19.4 Å². The van der Waals surface area contributed by atoms with Crippen molar-refractivity contribution in [1.29, 1.82) is 0 Å². The molecule has 0 aromatic carbocycles. The smallest absolute Gasteiger partial charge is 0.142 e. The van der Waals surface area contributed by atoms with Crippen molar-refractivity contribution in [2.45, 2.75) is 6.73 Å². The zero-order chi connectivity index (χ0) is 8.55. The van der Waals surface area contributed by atoms with Crippen LogP contribution in [0.3, 0.4) is 0 Å². The molecule has 0 amide bonds. The second-order valence-electron chi connectivity index (χ2n) is 2.64. The maximum absolute atomic E-state index is 9.31. The van der Waals surface area contributed by atoms with Gasteiger partial charge in [-0.2, -0.15) is 0 Å². The molecule has 0 spiro atoms. The van der Waals surface area contributed by atoms with E-state index in [4.69, 9.17) is 4.74 Å². The highest BCUT2D eigenvalue weighted by Gasteiger charge is 2.05. The molecule has 0 atom stereocenters. The van der Waals surface area contributed by atoms with E-state index < -0.39 is 0 Å². The molecular weight excluding hydrogens is 156 g/mol. The molecule has 2 heterocycles. The Balaban J connectivity index is 2.55. The molecule has 0 fully saturated rings. The van der Waals surface area contributed by atoms with E-state index in [1.165, 1.54) is 0 Å². The second kappa shape index (κ2) is 2.57. The van der Waals surface area contributed by atoms with E-state index in [1.54, 1.807) is 13.3 Å². The van der Waals surface area contributed by atoms with E-state index >= 15 is 0 Å². The van der Waals surface area contributed by atoms with Crippen molar-refractivity contribution < 1.29 is 9.84 Å². The molecule has 2 N–H and O–H groups in total. The Labute approximate surface area is 69.4 Å². The van der Waals surface area contributed by atoms with Gasteiger partial charge in [0, 0.05) is 19.5 Å². The lowest BCUT2D eigenvalue weighted by Gasteiger charge is -1.99. The quantitative estimate of drug-likeness (QED) is 0.706. The lowest BCUT2D eigenvalue weighted by atomic mass is 10.4. The summed E-state index contributed by atoms with van der Waals surface area (Å²) in [7, 11) is 1.63. The van der Waals surface area contributed by atoms with Gasteiger partial charge in [-0.1, -0.05) is 0 Å². The molecule has 0 saturated heterocycles. The number of aromatic nitrogens is 2. The van der Waals surface area contributed by atoms with Gasteiger partial charge in [0.15, 0.2) is 0 Å². The highest BCUT2D eigenvalue weighted by molar-refractivity contribution is 5.83. The van der Waals surface area contributed by atoms with Crippen LogP contribution in [-0.2, 0) is 11.5 Å². The average Bonchev–Trinajstić information content (AvgIpc) is 2.58. The maximum atomic E-state index is 9.31. The van der Waals surface area contributed by atoms with Crippen LogP contribution in [0.5, 0.6) is 5.75 Å². The summed E-state index contributed by atoms with van der Waals surface area (Å²) >= 11 is 0. The summed E-state index contributed by atoms with van der Waals surface area (Å²) in [5, 5.41) is 10.1. The molecule has 2 rings (SSSR count). The van der Waals surface area contributed by atoms with Crippen LogP contribution in [0.1, 0.15) is 0 Å². The van der Waals surface area contributed by atoms with Crippen LogP contribution in [0, 0.1) is 0 Å². The van der Waals surface area contributed by atoms with E-state index in [2.05, 4.69) is 4.98 Å². The fraction of sp³-hybridized carbons (Fsp3) is 0.250. The number of methoxy groups -OCH3 is 1. The zero-order valence-corrected chi connectivity index (χ0v) is 6.74. The first-order chi connectivity index (χ1) is 5.83. The fourth-order valence-corrected chi connectivity index (χ4v) is 1.30. The molecule has 0 unspecified atom stereocenters. The predicted octanol–water partition coefficient (Wildman–Crippen LogP) is 1.28. The number of nitrogens with one attached hydrogen (secondary N) is 1. The molecule has 4 heteroatoms. The summed E-state index contributed by atoms with van der Waals surface area (Å²) in [5.74, 6) is 0.278. The lowest BCUT2D eigenvalue weighted by Crippen LogP contribution is -1.97. The molecular formula is C8H10N2O2. The largest absolute Gasteiger partial charge is 0.506 e. The highest BCUT2D eigenvalue weighted by atomic mass is 16.5. The summed E-state index contributed by atoms with van der Waals surface area (Å²) in [5.41, 5.74) is 0.884. The molecule has 0 aliphatic carbocycles.